The van der Waals surface area contributed by atoms with E-state index in [0.29, 0.717) is 12.2 Å². The van der Waals surface area contributed by atoms with E-state index in [9.17, 15) is 24.3 Å². The van der Waals surface area contributed by atoms with Crippen LogP contribution < -0.4 is 16.0 Å². The van der Waals surface area contributed by atoms with Crippen LogP contribution in [0.4, 0.5) is 0 Å². The number of allylic oxidation sites excluding steroid dienone is 1. The van der Waals surface area contributed by atoms with Crippen LogP contribution >= 0.6 is 21.6 Å². The van der Waals surface area contributed by atoms with Gasteiger partial charge in [-0.1, -0.05) is 55.4 Å². The van der Waals surface area contributed by atoms with E-state index in [0.717, 1.165) is 5.75 Å². The molecule has 3 amide bonds. The molecule has 11 heteroatoms. The third-order valence-electron chi connectivity index (χ3n) is 5.42. The molecule has 2 aliphatic heterocycles. The van der Waals surface area contributed by atoms with Crippen molar-refractivity contribution in [3.8, 4) is 0 Å². The number of hydrogen-bond acceptors (Lipinski definition) is 8. The van der Waals surface area contributed by atoms with E-state index in [1.54, 1.807) is 30.7 Å². The average molecular weight is 502 g/mol. The molecular formula is C22H35N3O6S2. The zero-order chi connectivity index (χ0) is 24.5. The smallest absolute Gasteiger partial charge is 0.309 e. The van der Waals surface area contributed by atoms with Gasteiger partial charge < -0.3 is 25.8 Å². The summed E-state index contributed by atoms with van der Waals surface area (Å²) in [6.07, 6.45) is 1.73. The highest BCUT2D eigenvalue weighted by Crippen LogP contribution is 2.24. The molecule has 0 aliphatic carbocycles. The SMILES string of the molecule is CC(C)C1NC(=O)[C@H]2CSSCC/C=C/[C@H](CC(=O)N[C@H](C(C)C)C(=O)N2)OC(=O)C[C@@H]1O. The van der Waals surface area contributed by atoms with Gasteiger partial charge >= 0.3 is 5.97 Å². The topological polar surface area (TPSA) is 134 Å². The first kappa shape index (κ1) is 27.5. The maximum Gasteiger partial charge on any atom is 0.309 e. The van der Waals surface area contributed by atoms with E-state index in [-0.39, 0.29) is 24.7 Å². The molecular weight excluding hydrogens is 466 g/mol. The summed E-state index contributed by atoms with van der Waals surface area (Å²) in [4.78, 5) is 51.4. The Morgan fingerprint density at radius 2 is 1.70 bits per heavy atom. The Labute approximate surface area is 203 Å². The lowest BCUT2D eigenvalue weighted by Crippen LogP contribution is -2.58. The van der Waals surface area contributed by atoms with Crippen molar-refractivity contribution in [2.24, 2.45) is 11.8 Å². The van der Waals surface area contributed by atoms with Gasteiger partial charge in [0.15, 0.2) is 0 Å². The van der Waals surface area contributed by atoms with Gasteiger partial charge in [-0.3, -0.25) is 19.2 Å². The second kappa shape index (κ2) is 13.2. The highest BCUT2D eigenvalue weighted by atomic mass is 33.1. The third kappa shape index (κ3) is 8.86. The Balaban J connectivity index is 2.47. The lowest BCUT2D eigenvalue weighted by molar-refractivity contribution is -0.151. The molecule has 1 fully saturated rings. The number of carbonyl (C=O) groups is 4. The predicted molar refractivity (Wildman–Crippen MR) is 129 cm³/mol. The first-order valence-corrected chi connectivity index (χ1v) is 13.8. The van der Waals surface area contributed by atoms with Gasteiger partial charge in [0.1, 0.15) is 18.2 Å². The molecule has 0 spiro atoms. The molecule has 4 N–H and O–H groups in total. The molecule has 0 radical (unpaired) electrons. The normalized spacial score (nSPS) is 32.0. The van der Waals surface area contributed by atoms with Crippen molar-refractivity contribution in [3.05, 3.63) is 12.2 Å². The van der Waals surface area contributed by atoms with Crippen LogP contribution in [-0.2, 0) is 23.9 Å². The summed E-state index contributed by atoms with van der Waals surface area (Å²) in [7, 11) is 3.03. The molecule has 9 nitrogen and oxygen atoms in total. The van der Waals surface area contributed by atoms with Crippen LogP contribution in [0.15, 0.2) is 12.2 Å². The second-order valence-electron chi connectivity index (χ2n) is 8.96. The fraction of sp³-hybridized carbons (Fsp3) is 0.727. The van der Waals surface area contributed by atoms with Crippen molar-refractivity contribution in [1.82, 2.24) is 16.0 Å². The summed E-state index contributed by atoms with van der Waals surface area (Å²) >= 11 is 0. The van der Waals surface area contributed by atoms with E-state index in [4.69, 9.17) is 4.74 Å². The van der Waals surface area contributed by atoms with Crippen LogP contribution in [0.3, 0.4) is 0 Å². The van der Waals surface area contributed by atoms with E-state index < -0.39 is 54.0 Å². The third-order valence-corrected chi connectivity index (χ3v) is 7.87. The van der Waals surface area contributed by atoms with Gasteiger partial charge in [-0.15, -0.1) is 0 Å². The van der Waals surface area contributed by atoms with E-state index in [2.05, 4.69) is 16.0 Å². The zero-order valence-electron chi connectivity index (χ0n) is 19.5. The molecule has 0 saturated carbocycles. The molecule has 0 aromatic heterocycles. The van der Waals surface area contributed by atoms with Gasteiger partial charge in [-0.25, -0.2) is 0 Å². The summed E-state index contributed by atoms with van der Waals surface area (Å²) in [6.45, 7) is 7.25. The number of carbonyl (C=O) groups excluding carboxylic acids is 4. The molecule has 2 bridgehead atoms. The number of nitrogens with one attached hydrogen (secondary N) is 3. The predicted octanol–water partition coefficient (Wildman–Crippen LogP) is 1.16. The Bertz CT molecular complexity index is 746. The number of aliphatic hydroxyl groups excluding tert-OH is 1. The van der Waals surface area contributed by atoms with Gasteiger partial charge in [0.2, 0.25) is 17.7 Å². The lowest BCUT2D eigenvalue weighted by atomic mass is 9.96. The summed E-state index contributed by atoms with van der Waals surface area (Å²) in [5, 5.41) is 19.0. The molecule has 0 aromatic carbocycles. The van der Waals surface area contributed by atoms with Crippen LogP contribution in [0, 0.1) is 11.8 Å². The number of aliphatic hydroxyl groups is 1. The standard InChI is InChI=1S/C22H35N3O6S2/c1-12(2)19-16(26)10-18(28)31-14-7-5-6-8-32-33-11-15(21(29)25-19)23-22(30)20(13(3)4)24-17(27)9-14/h5,7,12-16,19-20,26H,6,8-11H2,1-4H3,(H,23,30)(H,24,27)(H,25,29)/b7-5+/t14-,15-,16+,19?,20-/m1/s1. The number of fused-ring (bicyclic) bond motifs is 7. The Kier molecular flexibility index (Phi) is 11.0. The molecule has 186 valence electrons. The van der Waals surface area contributed by atoms with Crippen molar-refractivity contribution in [2.75, 3.05) is 11.5 Å². The van der Waals surface area contributed by atoms with Gasteiger partial charge in [0.25, 0.3) is 0 Å². The van der Waals surface area contributed by atoms with Crippen molar-refractivity contribution < 1.29 is 29.0 Å². The van der Waals surface area contributed by atoms with Gasteiger partial charge in [0.05, 0.1) is 25.0 Å². The molecule has 33 heavy (non-hydrogen) atoms. The van der Waals surface area contributed by atoms with Gasteiger partial charge in [0, 0.05) is 11.5 Å². The first-order valence-electron chi connectivity index (χ1n) is 11.3. The maximum atomic E-state index is 13.1. The number of rotatable bonds is 2. The van der Waals surface area contributed by atoms with Crippen LogP contribution in [0.1, 0.15) is 47.0 Å². The van der Waals surface area contributed by atoms with Crippen molar-refractivity contribution in [1.29, 1.82) is 0 Å². The second-order valence-corrected chi connectivity index (χ2v) is 11.6. The van der Waals surface area contributed by atoms with E-state index in [1.807, 2.05) is 19.9 Å². The van der Waals surface area contributed by atoms with Crippen LogP contribution in [0.5, 0.6) is 0 Å². The number of amides is 3. The molecule has 2 heterocycles. The fourth-order valence-corrected chi connectivity index (χ4v) is 5.73. The Hall–Kier alpha value is -1.72. The minimum Gasteiger partial charge on any atom is -0.457 e. The monoisotopic (exact) mass is 501 g/mol. The van der Waals surface area contributed by atoms with E-state index >= 15 is 0 Å². The summed E-state index contributed by atoms with van der Waals surface area (Å²) < 4.78 is 5.49. The molecule has 1 unspecified atom stereocenters. The molecule has 0 aromatic rings. The molecule has 2 aliphatic rings. The largest absolute Gasteiger partial charge is 0.457 e. The maximum absolute atomic E-state index is 13.1. The number of hydrogen-bond donors (Lipinski definition) is 4. The quantitative estimate of drug-likeness (QED) is 0.252. The van der Waals surface area contributed by atoms with Crippen LogP contribution in [-0.4, -0.2) is 70.6 Å². The minimum absolute atomic E-state index is 0.148. The fourth-order valence-electron chi connectivity index (χ4n) is 3.57. The zero-order valence-corrected chi connectivity index (χ0v) is 21.2. The minimum atomic E-state index is -1.18. The highest BCUT2D eigenvalue weighted by molar-refractivity contribution is 8.76. The lowest BCUT2D eigenvalue weighted by Gasteiger charge is -2.30. The summed E-state index contributed by atoms with van der Waals surface area (Å²) in [5.74, 6) is -1.35. The Morgan fingerprint density at radius 1 is 0.970 bits per heavy atom. The summed E-state index contributed by atoms with van der Waals surface area (Å²) in [5.41, 5.74) is 0. The highest BCUT2D eigenvalue weighted by Gasteiger charge is 2.34. The first-order chi connectivity index (χ1) is 15.6. The Morgan fingerprint density at radius 3 is 2.36 bits per heavy atom. The van der Waals surface area contributed by atoms with Gasteiger partial charge in [-0.05, 0) is 24.3 Å². The number of esters is 1. The van der Waals surface area contributed by atoms with Crippen molar-refractivity contribution >= 4 is 45.3 Å². The van der Waals surface area contributed by atoms with Gasteiger partial charge in [-0.2, -0.15) is 0 Å². The van der Waals surface area contributed by atoms with E-state index in [1.165, 1.54) is 10.8 Å². The van der Waals surface area contributed by atoms with Crippen LogP contribution in [0.25, 0.3) is 0 Å². The molecule has 5 atom stereocenters. The number of ether oxygens (including phenoxy) is 1. The average Bonchev–Trinajstić information content (AvgIpc) is 2.72. The van der Waals surface area contributed by atoms with Crippen molar-refractivity contribution in [2.45, 2.75) is 77.3 Å². The molecule has 1 saturated heterocycles. The summed E-state index contributed by atoms with van der Waals surface area (Å²) in [6, 6.07) is -2.44. The van der Waals surface area contributed by atoms with Crippen LogP contribution in [0.2, 0.25) is 0 Å². The molecule has 2 rings (SSSR count). The van der Waals surface area contributed by atoms with Crippen molar-refractivity contribution in [3.63, 3.8) is 0 Å².